The summed E-state index contributed by atoms with van der Waals surface area (Å²) in [6.45, 7) is 0. The molecule has 0 unspecified atom stereocenters. The van der Waals surface area contributed by atoms with Crippen LogP contribution in [0.1, 0.15) is 29.6 Å². The van der Waals surface area contributed by atoms with E-state index in [0.29, 0.717) is 12.0 Å². The molecule has 1 aliphatic carbocycles. The average molecular weight is 182 g/mol. The molecule has 2 rings (SSSR count). The number of hydrogen-bond donors (Lipinski definition) is 1. The number of carbonyl (C=O) groups is 1. The first-order valence-electron chi connectivity index (χ1n) is 3.91. The number of Topliss-reactive ketones (excluding diaryl/α,β-unsaturated/α-hetero) is 1. The minimum atomic E-state index is -0.182. The van der Waals surface area contributed by atoms with Crippen LogP contribution in [-0.2, 0) is 0 Å². The Morgan fingerprint density at radius 1 is 1.75 bits per heavy atom. The summed E-state index contributed by atoms with van der Waals surface area (Å²) in [4.78, 5) is 11.4. The van der Waals surface area contributed by atoms with Gasteiger partial charge < -0.3 is 5.73 Å². The summed E-state index contributed by atoms with van der Waals surface area (Å²) in [6.07, 6.45) is 4.05. The minimum absolute atomic E-state index is 0.128. The molecule has 12 heavy (non-hydrogen) atoms. The molecular weight excluding hydrogens is 172 g/mol. The Balaban J connectivity index is 2.02. The van der Waals surface area contributed by atoms with Crippen molar-refractivity contribution in [1.82, 2.24) is 4.37 Å². The third-order valence-electron chi connectivity index (χ3n) is 2.16. The molecular formula is C8H10N2OS. The lowest BCUT2D eigenvalue weighted by molar-refractivity contribution is 0.0971. The van der Waals surface area contributed by atoms with Crippen molar-refractivity contribution < 1.29 is 4.79 Å². The highest BCUT2D eigenvalue weighted by molar-refractivity contribution is 7.03. The number of hydrogen-bond acceptors (Lipinski definition) is 4. The lowest BCUT2D eigenvalue weighted by atomic mass is 10.1. The van der Waals surface area contributed by atoms with Gasteiger partial charge in [0.15, 0.2) is 5.78 Å². The van der Waals surface area contributed by atoms with Crippen molar-refractivity contribution in [1.29, 1.82) is 0 Å². The summed E-state index contributed by atoms with van der Waals surface area (Å²) in [5.74, 6) is 0.128. The highest BCUT2D eigenvalue weighted by Crippen LogP contribution is 2.36. The molecule has 3 nitrogen and oxygen atoms in total. The first-order valence-corrected chi connectivity index (χ1v) is 4.75. The van der Waals surface area contributed by atoms with Crippen molar-refractivity contribution in [2.75, 3.05) is 0 Å². The molecule has 2 N–H and O–H groups in total. The first kappa shape index (κ1) is 7.89. The third-order valence-corrected chi connectivity index (χ3v) is 2.75. The van der Waals surface area contributed by atoms with Gasteiger partial charge >= 0.3 is 0 Å². The lowest BCUT2D eigenvalue weighted by Crippen LogP contribution is -2.25. The van der Waals surface area contributed by atoms with Crippen LogP contribution in [-0.4, -0.2) is 15.7 Å². The fourth-order valence-electron chi connectivity index (χ4n) is 1.10. The second-order valence-electron chi connectivity index (χ2n) is 3.38. The zero-order chi connectivity index (χ0) is 8.60. The maximum Gasteiger partial charge on any atom is 0.167 e. The normalized spacial score (nSPS) is 19.1. The van der Waals surface area contributed by atoms with Crippen LogP contribution in [0.2, 0.25) is 0 Å². The zero-order valence-corrected chi connectivity index (χ0v) is 7.43. The van der Waals surface area contributed by atoms with Crippen molar-refractivity contribution in [3.63, 3.8) is 0 Å². The second-order valence-corrected chi connectivity index (χ2v) is 4.03. The Bertz CT molecular complexity index is 290. The summed E-state index contributed by atoms with van der Waals surface area (Å²) in [5, 5.41) is 1.77. The Morgan fingerprint density at radius 3 is 3.00 bits per heavy atom. The van der Waals surface area contributed by atoms with E-state index >= 15 is 0 Å². The van der Waals surface area contributed by atoms with Gasteiger partial charge in [0, 0.05) is 22.9 Å². The van der Waals surface area contributed by atoms with Gasteiger partial charge in [0.2, 0.25) is 0 Å². The van der Waals surface area contributed by atoms with E-state index in [1.807, 2.05) is 0 Å². The largest absolute Gasteiger partial charge is 0.325 e. The number of ketones is 1. The predicted molar refractivity (Wildman–Crippen MR) is 47.2 cm³/mol. The maximum atomic E-state index is 11.4. The molecule has 0 radical (unpaired) electrons. The molecule has 0 atom stereocenters. The molecule has 0 aromatic carbocycles. The van der Waals surface area contributed by atoms with Crippen molar-refractivity contribution >= 4 is 17.3 Å². The molecule has 0 aliphatic heterocycles. The van der Waals surface area contributed by atoms with E-state index in [2.05, 4.69) is 4.37 Å². The Morgan fingerprint density at radius 2 is 2.50 bits per heavy atom. The van der Waals surface area contributed by atoms with E-state index in [4.69, 9.17) is 5.73 Å². The van der Waals surface area contributed by atoms with Gasteiger partial charge in [-0.15, -0.1) is 0 Å². The molecule has 0 amide bonds. The lowest BCUT2D eigenvalue weighted by Gasteiger charge is -2.04. The molecule has 1 heterocycles. The number of aromatic nitrogens is 1. The molecule has 64 valence electrons. The Hall–Kier alpha value is -0.740. The monoisotopic (exact) mass is 182 g/mol. The van der Waals surface area contributed by atoms with Crippen LogP contribution in [0.4, 0.5) is 0 Å². The zero-order valence-electron chi connectivity index (χ0n) is 6.62. The van der Waals surface area contributed by atoms with E-state index in [9.17, 15) is 4.79 Å². The molecule has 1 aliphatic rings. The Labute approximate surface area is 74.8 Å². The van der Waals surface area contributed by atoms with Crippen molar-refractivity contribution in [2.24, 2.45) is 5.73 Å². The molecule has 0 bridgehead atoms. The maximum absolute atomic E-state index is 11.4. The van der Waals surface area contributed by atoms with Crippen molar-refractivity contribution in [3.8, 4) is 0 Å². The molecule has 0 spiro atoms. The summed E-state index contributed by atoms with van der Waals surface area (Å²) < 4.78 is 3.87. The predicted octanol–water partition coefficient (Wildman–Crippen LogP) is 1.21. The van der Waals surface area contributed by atoms with Crippen molar-refractivity contribution in [3.05, 3.63) is 17.1 Å². The number of nitrogens with zero attached hydrogens (tertiary/aromatic N) is 1. The summed E-state index contributed by atoms with van der Waals surface area (Å²) in [6, 6.07) is 0. The van der Waals surface area contributed by atoms with Gasteiger partial charge in [-0.05, 0) is 24.4 Å². The van der Waals surface area contributed by atoms with Crippen molar-refractivity contribution in [2.45, 2.75) is 24.8 Å². The minimum Gasteiger partial charge on any atom is -0.325 e. The highest BCUT2D eigenvalue weighted by atomic mass is 32.1. The first-order chi connectivity index (χ1) is 5.70. The molecule has 0 saturated heterocycles. The van der Waals surface area contributed by atoms with Gasteiger partial charge in [-0.3, -0.25) is 4.79 Å². The summed E-state index contributed by atoms with van der Waals surface area (Å²) >= 11 is 1.30. The van der Waals surface area contributed by atoms with Gasteiger partial charge in [0.1, 0.15) is 0 Å². The highest BCUT2D eigenvalue weighted by Gasteiger charge is 2.40. The van der Waals surface area contributed by atoms with Crippen LogP contribution in [0.3, 0.4) is 0 Å². The van der Waals surface area contributed by atoms with E-state index in [1.54, 1.807) is 11.6 Å². The van der Waals surface area contributed by atoms with Gasteiger partial charge in [-0.2, -0.15) is 0 Å². The van der Waals surface area contributed by atoms with Crippen LogP contribution >= 0.6 is 11.5 Å². The average Bonchev–Trinajstić information content (AvgIpc) is 2.55. The smallest absolute Gasteiger partial charge is 0.167 e. The van der Waals surface area contributed by atoms with E-state index in [1.165, 1.54) is 11.5 Å². The number of nitrogens with two attached hydrogens (primary N) is 1. The van der Waals surface area contributed by atoms with Crippen LogP contribution in [0.15, 0.2) is 11.6 Å². The van der Waals surface area contributed by atoms with Gasteiger partial charge in [-0.25, -0.2) is 4.37 Å². The number of carbonyl (C=O) groups excluding carboxylic acids is 1. The van der Waals surface area contributed by atoms with E-state index < -0.39 is 0 Å². The van der Waals surface area contributed by atoms with Crippen LogP contribution in [0.25, 0.3) is 0 Å². The van der Waals surface area contributed by atoms with Gasteiger partial charge in [0.25, 0.3) is 0 Å². The topological polar surface area (TPSA) is 56.0 Å². The van der Waals surface area contributed by atoms with Crippen LogP contribution in [0.5, 0.6) is 0 Å². The quantitative estimate of drug-likeness (QED) is 0.715. The third kappa shape index (κ3) is 1.54. The molecule has 4 heteroatoms. The molecule has 1 fully saturated rings. The Kier molecular flexibility index (Phi) is 1.73. The van der Waals surface area contributed by atoms with Crippen LogP contribution in [0, 0.1) is 0 Å². The van der Waals surface area contributed by atoms with E-state index in [0.717, 1.165) is 12.8 Å². The fourth-order valence-corrected chi connectivity index (χ4v) is 1.64. The molecule has 1 saturated carbocycles. The SMILES string of the molecule is NC1(CC(=O)c2cnsc2)CC1. The number of rotatable bonds is 3. The van der Waals surface area contributed by atoms with E-state index in [-0.39, 0.29) is 11.3 Å². The van der Waals surface area contributed by atoms with Gasteiger partial charge in [-0.1, -0.05) is 0 Å². The summed E-state index contributed by atoms with van der Waals surface area (Å²) in [5.41, 5.74) is 6.34. The standard InChI is InChI=1S/C8H10N2OS/c9-8(1-2-8)3-7(11)6-4-10-12-5-6/h4-5H,1-3,9H2. The summed E-state index contributed by atoms with van der Waals surface area (Å²) in [7, 11) is 0. The van der Waals surface area contributed by atoms with Gasteiger partial charge in [0.05, 0.1) is 6.20 Å². The molecule has 1 aromatic heterocycles. The molecule has 1 aromatic rings. The fraction of sp³-hybridized carbons (Fsp3) is 0.500. The second kappa shape index (κ2) is 2.64. The van der Waals surface area contributed by atoms with Crippen LogP contribution < -0.4 is 5.73 Å².